The van der Waals surface area contributed by atoms with Gasteiger partial charge in [-0.15, -0.1) is 0 Å². The highest BCUT2D eigenvalue weighted by molar-refractivity contribution is 6.05. The van der Waals surface area contributed by atoms with Crippen molar-refractivity contribution in [3.05, 3.63) is 65.2 Å². The maximum absolute atomic E-state index is 13.0. The van der Waals surface area contributed by atoms with Gasteiger partial charge in [0, 0.05) is 44.2 Å². The predicted molar refractivity (Wildman–Crippen MR) is 131 cm³/mol. The molecule has 2 fully saturated rings. The highest BCUT2D eigenvalue weighted by Gasteiger charge is 2.39. The normalized spacial score (nSPS) is 24.2. The summed E-state index contributed by atoms with van der Waals surface area (Å²) < 4.78 is 6.44. The third kappa shape index (κ3) is 5.10. The molecular weight excluding hydrogens is 458 g/mol. The van der Waals surface area contributed by atoms with Crippen LogP contribution in [0.5, 0.6) is 5.75 Å². The maximum Gasteiger partial charge on any atom is 0.255 e. The van der Waals surface area contributed by atoms with Crippen molar-refractivity contribution in [1.29, 1.82) is 5.26 Å². The largest absolute Gasteiger partial charge is 0.487 e. The summed E-state index contributed by atoms with van der Waals surface area (Å²) in [5, 5.41) is 15.1. The molecule has 0 aromatic heterocycles. The Kier molecular flexibility index (Phi) is 6.98. The van der Waals surface area contributed by atoms with Crippen molar-refractivity contribution < 1.29 is 19.1 Å². The van der Waals surface area contributed by atoms with Crippen molar-refractivity contribution >= 4 is 17.7 Å². The highest BCUT2D eigenvalue weighted by atomic mass is 16.5. The molecule has 0 spiro atoms. The summed E-state index contributed by atoms with van der Waals surface area (Å²) in [6, 6.07) is 17.3. The van der Waals surface area contributed by atoms with Crippen LogP contribution in [0.1, 0.15) is 40.7 Å². The number of carbonyl (C=O) groups excluding carboxylic acids is 3. The zero-order valence-electron chi connectivity index (χ0n) is 20.0. The third-order valence-electron chi connectivity index (χ3n) is 7.13. The molecule has 0 bridgehead atoms. The van der Waals surface area contributed by atoms with Crippen molar-refractivity contribution in [3.8, 4) is 11.8 Å². The van der Waals surface area contributed by atoms with Gasteiger partial charge in [-0.2, -0.15) is 5.26 Å². The summed E-state index contributed by atoms with van der Waals surface area (Å²) in [6.45, 7) is 2.82. The number of fused-ring (bicyclic) bond motifs is 1. The van der Waals surface area contributed by atoms with Crippen molar-refractivity contribution in [2.75, 3.05) is 19.6 Å². The lowest BCUT2D eigenvalue weighted by Crippen LogP contribution is -2.54. The molecule has 2 saturated heterocycles. The second-order valence-electron chi connectivity index (χ2n) is 9.53. The van der Waals surface area contributed by atoms with Gasteiger partial charge in [-0.05, 0) is 42.2 Å². The molecule has 3 amide bonds. The first kappa shape index (κ1) is 24.0. The van der Waals surface area contributed by atoms with Crippen molar-refractivity contribution in [3.63, 3.8) is 0 Å². The average Bonchev–Trinajstić information content (AvgIpc) is 3.20. The quantitative estimate of drug-likeness (QED) is 0.450. The molecule has 36 heavy (non-hydrogen) atoms. The van der Waals surface area contributed by atoms with E-state index in [1.807, 2.05) is 24.3 Å². The number of nitrogens with one attached hydrogen (secondary N) is 2. The lowest BCUT2D eigenvalue weighted by molar-refractivity contribution is -0.136. The zero-order chi connectivity index (χ0) is 25.1. The van der Waals surface area contributed by atoms with Crippen LogP contribution in [0.2, 0.25) is 0 Å². The summed E-state index contributed by atoms with van der Waals surface area (Å²) >= 11 is 0. The van der Waals surface area contributed by atoms with E-state index in [0.717, 1.165) is 25.1 Å². The Labute approximate surface area is 210 Å². The van der Waals surface area contributed by atoms with Crippen LogP contribution >= 0.6 is 0 Å². The van der Waals surface area contributed by atoms with Gasteiger partial charge < -0.3 is 15.0 Å². The number of nitrogens with zero attached hydrogens (tertiary/aromatic N) is 3. The highest BCUT2D eigenvalue weighted by Crippen LogP contribution is 2.31. The van der Waals surface area contributed by atoms with E-state index in [0.29, 0.717) is 37.4 Å². The molecule has 9 nitrogen and oxygen atoms in total. The minimum absolute atomic E-state index is 0.106. The molecule has 3 atom stereocenters. The molecule has 2 aromatic rings. The van der Waals surface area contributed by atoms with Gasteiger partial charge in [0.05, 0.1) is 12.6 Å². The van der Waals surface area contributed by atoms with Crippen LogP contribution in [0.15, 0.2) is 48.5 Å². The monoisotopic (exact) mass is 487 g/mol. The van der Waals surface area contributed by atoms with Crippen LogP contribution in [0.4, 0.5) is 0 Å². The number of likely N-dealkylation sites (tertiary alicyclic amines) is 1. The smallest absolute Gasteiger partial charge is 0.255 e. The molecule has 3 aliphatic rings. The summed E-state index contributed by atoms with van der Waals surface area (Å²) in [7, 11) is 0. The van der Waals surface area contributed by atoms with Crippen LogP contribution in [0, 0.1) is 11.3 Å². The standard InChI is InChI=1S/C27H29N5O4/c28-11-13-31-12-10-22(29-15-18-4-2-1-3-5-18)24(17-31)36-20-6-7-21-19(14-20)16-32(27(21)35)23-8-9-25(33)30-26(23)34/h1-7,14,22-24,29H,8-10,12-13,15-17H2,(H,30,33,34)/t22-,23?,24?/m0/s1. The van der Waals surface area contributed by atoms with E-state index in [-0.39, 0.29) is 30.4 Å². The second kappa shape index (κ2) is 10.5. The Morgan fingerprint density at radius 2 is 1.94 bits per heavy atom. The fourth-order valence-electron chi connectivity index (χ4n) is 5.22. The molecule has 2 aromatic carbocycles. The van der Waals surface area contributed by atoms with Crippen LogP contribution in [0.3, 0.4) is 0 Å². The Hall–Kier alpha value is -3.74. The first-order valence-corrected chi connectivity index (χ1v) is 12.3. The average molecular weight is 488 g/mol. The lowest BCUT2D eigenvalue weighted by atomic mass is 10.0. The summed E-state index contributed by atoms with van der Waals surface area (Å²) in [5.41, 5.74) is 2.56. The Morgan fingerprint density at radius 1 is 1.11 bits per heavy atom. The topological polar surface area (TPSA) is 115 Å². The number of hydrogen-bond acceptors (Lipinski definition) is 7. The number of rotatable bonds is 7. The van der Waals surface area contributed by atoms with Gasteiger partial charge in [-0.25, -0.2) is 0 Å². The number of amides is 3. The third-order valence-corrected chi connectivity index (χ3v) is 7.13. The number of carbonyl (C=O) groups is 3. The van der Waals surface area contributed by atoms with Crippen LogP contribution in [0.25, 0.3) is 0 Å². The lowest BCUT2D eigenvalue weighted by Gasteiger charge is -2.38. The molecule has 3 aliphatic heterocycles. The molecule has 0 aliphatic carbocycles. The molecule has 3 heterocycles. The molecule has 5 rings (SSSR count). The van der Waals surface area contributed by atoms with Crippen LogP contribution in [-0.2, 0) is 22.7 Å². The SMILES string of the molecule is N#CCN1CC[C@H](NCc2ccccc2)C(Oc2ccc3c(c2)CN(C2CCC(=O)NC2=O)C3=O)C1. The second-order valence-corrected chi connectivity index (χ2v) is 9.53. The number of ether oxygens (including phenoxy) is 1. The fourth-order valence-corrected chi connectivity index (χ4v) is 5.22. The van der Waals surface area contributed by atoms with Gasteiger partial charge in [0.25, 0.3) is 5.91 Å². The van der Waals surface area contributed by atoms with E-state index in [4.69, 9.17) is 4.74 Å². The van der Waals surface area contributed by atoms with Gasteiger partial charge in [0.15, 0.2) is 0 Å². The van der Waals surface area contributed by atoms with E-state index in [1.165, 1.54) is 10.5 Å². The molecule has 186 valence electrons. The molecule has 9 heteroatoms. The minimum atomic E-state index is -0.642. The maximum atomic E-state index is 13.0. The first-order chi connectivity index (χ1) is 17.5. The van der Waals surface area contributed by atoms with Crippen LogP contribution in [-0.4, -0.2) is 65.3 Å². The van der Waals surface area contributed by atoms with E-state index in [1.54, 1.807) is 12.1 Å². The molecular formula is C27H29N5O4. The van der Waals surface area contributed by atoms with Crippen LogP contribution < -0.4 is 15.4 Å². The van der Waals surface area contributed by atoms with Gasteiger partial charge in [0.2, 0.25) is 11.8 Å². The van der Waals surface area contributed by atoms with Gasteiger partial charge in [-0.1, -0.05) is 30.3 Å². The van der Waals surface area contributed by atoms with E-state index in [2.05, 4.69) is 33.7 Å². The summed E-state index contributed by atoms with van der Waals surface area (Å²) in [4.78, 5) is 40.4. The minimum Gasteiger partial charge on any atom is -0.487 e. The predicted octanol–water partition coefficient (Wildman–Crippen LogP) is 1.58. The van der Waals surface area contributed by atoms with E-state index in [9.17, 15) is 19.6 Å². The zero-order valence-corrected chi connectivity index (χ0v) is 20.0. The number of nitriles is 1. The molecule has 2 N–H and O–H groups in total. The van der Waals surface area contributed by atoms with Gasteiger partial charge >= 0.3 is 0 Å². The van der Waals surface area contributed by atoms with E-state index >= 15 is 0 Å². The number of piperidine rings is 2. The van der Waals surface area contributed by atoms with Crippen molar-refractivity contribution in [2.45, 2.75) is 50.5 Å². The van der Waals surface area contributed by atoms with E-state index < -0.39 is 11.9 Å². The summed E-state index contributed by atoms with van der Waals surface area (Å²) in [6.07, 6.45) is 1.24. The molecule has 0 saturated carbocycles. The number of hydrogen-bond donors (Lipinski definition) is 2. The fraction of sp³-hybridized carbons (Fsp3) is 0.407. The van der Waals surface area contributed by atoms with Gasteiger partial charge in [0.1, 0.15) is 17.9 Å². The van der Waals surface area contributed by atoms with Gasteiger partial charge in [-0.3, -0.25) is 24.6 Å². The molecule has 2 unspecified atom stereocenters. The Morgan fingerprint density at radius 3 is 2.72 bits per heavy atom. The van der Waals surface area contributed by atoms with Crippen molar-refractivity contribution in [1.82, 2.24) is 20.4 Å². The molecule has 0 radical (unpaired) electrons. The summed E-state index contributed by atoms with van der Waals surface area (Å²) in [5.74, 6) is -0.270. The first-order valence-electron chi connectivity index (χ1n) is 12.3. The Bertz CT molecular complexity index is 1190. The number of imide groups is 1. The Balaban J connectivity index is 1.29. The van der Waals surface area contributed by atoms with Crippen molar-refractivity contribution in [2.24, 2.45) is 0 Å². The number of benzene rings is 2.